The number of aliphatic hydroxyl groups is 1. The first-order valence-electron chi connectivity index (χ1n) is 6.27. The van der Waals surface area contributed by atoms with Crippen molar-refractivity contribution in [3.8, 4) is 11.8 Å². The van der Waals surface area contributed by atoms with Crippen LogP contribution in [0.5, 0.6) is 0 Å². The van der Waals surface area contributed by atoms with Gasteiger partial charge in [-0.1, -0.05) is 12.0 Å². The topological polar surface area (TPSA) is 51.6 Å². The summed E-state index contributed by atoms with van der Waals surface area (Å²) in [6, 6.07) is 3.68. The lowest BCUT2D eigenvalue weighted by atomic mass is 9.80. The first-order valence-corrected chi connectivity index (χ1v) is 6.27. The van der Waals surface area contributed by atoms with Crippen LogP contribution in [0.4, 0.5) is 0 Å². The first-order chi connectivity index (χ1) is 8.86. The van der Waals surface area contributed by atoms with E-state index in [1.165, 1.54) is 0 Å². The highest BCUT2D eigenvalue weighted by Crippen LogP contribution is 2.36. The van der Waals surface area contributed by atoms with Crippen LogP contribution in [0.15, 0.2) is 18.3 Å². The van der Waals surface area contributed by atoms with E-state index in [-0.39, 0.29) is 17.8 Å². The van der Waals surface area contributed by atoms with Crippen LogP contribution in [0.1, 0.15) is 33.4 Å². The van der Waals surface area contributed by atoms with E-state index in [1.54, 1.807) is 12.3 Å². The fraction of sp³-hybridized carbons (Fsp3) is 0.500. The normalized spacial score (nSPS) is 19.9. The highest BCUT2D eigenvalue weighted by molar-refractivity contribution is 6.62. The molecule has 0 aliphatic carbocycles. The average Bonchev–Trinajstić information content (AvgIpc) is 2.56. The van der Waals surface area contributed by atoms with Crippen LogP contribution in [-0.2, 0) is 9.31 Å². The largest absolute Gasteiger partial charge is 0.496 e. The SMILES string of the molecule is CC1(C)OB(c2ccc(C#CCO)nc2)OC1(C)C. The average molecular weight is 259 g/mol. The molecular formula is C14H18BNO3. The van der Waals surface area contributed by atoms with Gasteiger partial charge < -0.3 is 14.4 Å². The Labute approximate surface area is 114 Å². The summed E-state index contributed by atoms with van der Waals surface area (Å²) >= 11 is 0. The van der Waals surface area contributed by atoms with E-state index in [0.717, 1.165) is 5.46 Å². The predicted molar refractivity (Wildman–Crippen MR) is 73.9 cm³/mol. The van der Waals surface area contributed by atoms with Gasteiger partial charge in [0.1, 0.15) is 12.3 Å². The van der Waals surface area contributed by atoms with Crippen molar-refractivity contribution in [3.05, 3.63) is 24.0 Å². The molecule has 1 aliphatic rings. The molecule has 0 saturated carbocycles. The van der Waals surface area contributed by atoms with E-state index in [4.69, 9.17) is 14.4 Å². The van der Waals surface area contributed by atoms with E-state index < -0.39 is 7.12 Å². The zero-order chi connectivity index (χ0) is 14.1. The Balaban J connectivity index is 2.17. The summed E-state index contributed by atoms with van der Waals surface area (Å²) in [5.74, 6) is 5.31. The fourth-order valence-corrected chi connectivity index (χ4v) is 1.73. The van der Waals surface area contributed by atoms with Crippen molar-refractivity contribution < 1.29 is 14.4 Å². The van der Waals surface area contributed by atoms with Crippen LogP contribution in [0, 0.1) is 11.8 Å². The van der Waals surface area contributed by atoms with E-state index in [1.807, 2.05) is 33.8 Å². The highest BCUT2D eigenvalue weighted by Gasteiger charge is 2.51. The highest BCUT2D eigenvalue weighted by atomic mass is 16.7. The van der Waals surface area contributed by atoms with Gasteiger partial charge >= 0.3 is 7.12 Å². The molecule has 0 atom stereocenters. The van der Waals surface area contributed by atoms with Gasteiger partial charge in [-0.05, 0) is 39.7 Å². The third-order valence-corrected chi connectivity index (χ3v) is 3.61. The Morgan fingerprint density at radius 2 is 1.84 bits per heavy atom. The predicted octanol–water partition coefficient (Wildman–Crippen LogP) is 0.725. The second kappa shape index (κ2) is 4.97. The van der Waals surface area contributed by atoms with Crippen molar-refractivity contribution in [2.75, 3.05) is 6.61 Å². The Kier molecular flexibility index (Phi) is 3.68. The van der Waals surface area contributed by atoms with Gasteiger partial charge in [-0.15, -0.1) is 0 Å². The standard InChI is InChI=1S/C14H18BNO3/c1-13(2)14(3,4)19-15(18-13)11-7-8-12(16-10-11)6-5-9-17/h7-8,10,17H,9H2,1-4H3. The fourth-order valence-electron chi connectivity index (χ4n) is 1.73. The van der Waals surface area contributed by atoms with Crippen LogP contribution >= 0.6 is 0 Å². The van der Waals surface area contributed by atoms with E-state index >= 15 is 0 Å². The molecule has 0 unspecified atom stereocenters. The molecule has 1 aliphatic heterocycles. The minimum absolute atomic E-state index is 0.166. The Morgan fingerprint density at radius 1 is 1.21 bits per heavy atom. The number of pyridine rings is 1. The molecule has 0 radical (unpaired) electrons. The van der Waals surface area contributed by atoms with Gasteiger partial charge in [0.2, 0.25) is 0 Å². The van der Waals surface area contributed by atoms with Gasteiger partial charge in [-0.25, -0.2) is 4.98 Å². The summed E-state index contributed by atoms with van der Waals surface area (Å²) in [6.07, 6.45) is 1.70. The Morgan fingerprint density at radius 3 is 2.32 bits per heavy atom. The van der Waals surface area contributed by atoms with Crippen LogP contribution < -0.4 is 5.46 Å². The maximum atomic E-state index is 8.63. The summed E-state index contributed by atoms with van der Waals surface area (Å²) in [4.78, 5) is 4.21. The second-order valence-electron chi connectivity index (χ2n) is 5.52. The van der Waals surface area contributed by atoms with E-state index in [2.05, 4.69) is 16.8 Å². The van der Waals surface area contributed by atoms with Crippen LogP contribution in [0.2, 0.25) is 0 Å². The molecule has 0 aromatic carbocycles. The lowest BCUT2D eigenvalue weighted by Crippen LogP contribution is -2.41. The van der Waals surface area contributed by atoms with Crippen molar-refractivity contribution >= 4 is 12.6 Å². The third kappa shape index (κ3) is 2.81. The number of aliphatic hydroxyl groups excluding tert-OH is 1. The number of hydrogen-bond donors (Lipinski definition) is 1. The number of hydrogen-bond acceptors (Lipinski definition) is 4. The zero-order valence-corrected chi connectivity index (χ0v) is 11.7. The van der Waals surface area contributed by atoms with Gasteiger partial charge in [0, 0.05) is 11.7 Å². The molecule has 1 saturated heterocycles. The quantitative estimate of drug-likeness (QED) is 0.596. The van der Waals surface area contributed by atoms with Crippen molar-refractivity contribution in [3.63, 3.8) is 0 Å². The summed E-state index contributed by atoms with van der Waals surface area (Å²) in [5.41, 5.74) is 0.780. The minimum Gasteiger partial charge on any atom is -0.399 e. The Hall–Kier alpha value is -1.35. The maximum absolute atomic E-state index is 8.63. The van der Waals surface area contributed by atoms with Gasteiger partial charge in [-0.3, -0.25) is 0 Å². The molecule has 19 heavy (non-hydrogen) atoms. The zero-order valence-electron chi connectivity index (χ0n) is 11.7. The van der Waals surface area contributed by atoms with Crippen molar-refractivity contribution in [2.45, 2.75) is 38.9 Å². The monoisotopic (exact) mass is 259 g/mol. The number of nitrogens with zero attached hydrogens (tertiary/aromatic N) is 1. The minimum atomic E-state index is -0.405. The van der Waals surface area contributed by atoms with Crippen LogP contribution in [-0.4, -0.2) is 35.0 Å². The first kappa shape index (κ1) is 14.1. The van der Waals surface area contributed by atoms with E-state index in [9.17, 15) is 0 Å². The van der Waals surface area contributed by atoms with Gasteiger partial charge in [0.15, 0.2) is 0 Å². The third-order valence-electron chi connectivity index (χ3n) is 3.61. The number of aromatic nitrogens is 1. The molecule has 1 fully saturated rings. The molecule has 1 aromatic rings. The summed E-state index contributed by atoms with van der Waals surface area (Å²) < 4.78 is 11.9. The molecule has 0 spiro atoms. The van der Waals surface area contributed by atoms with E-state index in [0.29, 0.717) is 5.69 Å². The molecule has 1 N–H and O–H groups in total. The van der Waals surface area contributed by atoms with Crippen molar-refractivity contribution in [2.24, 2.45) is 0 Å². The molecule has 5 heteroatoms. The molecule has 2 heterocycles. The van der Waals surface area contributed by atoms with Gasteiger partial charge in [0.05, 0.1) is 11.2 Å². The Bertz CT molecular complexity index is 498. The molecule has 1 aromatic heterocycles. The molecule has 2 rings (SSSR count). The smallest absolute Gasteiger partial charge is 0.399 e. The lowest BCUT2D eigenvalue weighted by molar-refractivity contribution is 0.00578. The van der Waals surface area contributed by atoms with Crippen LogP contribution in [0.3, 0.4) is 0 Å². The lowest BCUT2D eigenvalue weighted by Gasteiger charge is -2.32. The summed E-state index contributed by atoms with van der Waals surface area (Å²) in [5, 5.41) is 8.63. The molecule has 100 valence electrons. The number of rotatable bonds is 1. The van der Waals surface area contributed by atoms with Crippen molar-refractivity contribution in [1.82, 2.24) is 4.98 Å². The maximum Gasteiger partial charge on any atom is 0.496 e. The molecule has 0 bridgehead atoms. The molecular weight excluding hydrogens is 241 g/mol. The second-order valence-corrected chi connectivity index (χ2v) is 5.52. The van der Waals surface area contributed by atoms with Crippen LogP contribution in [0.25, 0.3) is 0 Å². The van der Waals surface area contributed by atoms with Gasteiger partial charge in [-0.2, -0.15) is 0 Å². The van der Waals surface area contributed by atoms with Gasteiger partial charge in [0.25, 0.3) is 0 Å². The summed E-state index contributed by atoms with van der Waals surface area (Å²) in [6.45, 7) is 7.90. The molecule has 0 amide bonds. The molecule has 4 nitrogen and oxygen atoms in total. The summed E-state index contributed by atoms with van der Waals surface area (Å²) in [7, 11) is -0.405. The van der Waals surface area contributed by atoms with Crippen molar-refractivity contribution in [1.29, 1.82) is 0 Å².